The van der Waals surface area contributed by atoms with E-state index in [0.29, 0.717) is 11.9 Å². The van der Waals surface area contributed by atoms with Crippen molar-refractivity contribution >= 4 is 0 Å². The molecule has 0 radical (unpaired) electrons. The number of hydrogen-bond acceptors (Lipinski definition) is 3. The van der Waals surface area contributed by atoms with Gasteiger partial charge >= 0.3 is 0 Å². The van der Waals surface area contributed by atoms with Gasteiger partial charge in [0, 0.05) is 14.2 Å². The third-order valence-electron chi connectivity index (χ3n) is 2.76. The van der Waals surface area contributed by atoms with Crippen LogP contribution in [-0.4, -0.2) is 30.5 Å². The van der Waals surface area contributed by atoms with Gasteiger partial charge < -0.3 is 14.9 Å². The molecule has 0 aliphatic heterocycles. The van der Waals surface area contributed by atoms with E-state index in [9.17, 15) is 0 Å². The molecule has 0 aromatic heterocycles. The Labute approximate surface area is 123 Å². The molecule has 0 saturated carbocycles. The molecule has 0 unspecified atom stereocenters. The molecule has 1 aliphatic rings. The lowest BCUT2D eigenvalue weighted by Gasteiger charge is -2.03. The minimum atomic E-state index is 0.380. The van der Waals surface area contributed by atoms with Gasteiger partial charge in [0.05, 0.1) is 11.9 Å². The van der Waals surface area contributed by atoms with Gasteiger partial charge in [0.2, 0.25) is 0 Å². The van der Waals surface area contributed by atoms with Crippen LogP contribution in [0.5, 0.6) is 0 Å². The largest absolute Gasteiger partial charge is 0.513 e. The fourth-order valence-electron chi connectivity index (χ4n) is 1.69. The van der Waals surface area contributed by atoms with Crippen molar-refractivity contribution in [2.24, 2.45) is 0 Å². The van der Waals surface area contributed by atoms with Crippen LogP contribution in [-0.2, 0) is 17.6 Å². The second kappa shape index (κ2) is 14.1. The molecule has 3 heteroatoms. The second-order valence-corrected chi connectivity index (χ2v) is 3.96. The fraction of sp³-hybridized carbons (Fsp3) is 0.529. The van der Waals surface area contributed by atoms with E-state index in [1.54, 1.807) is 27.0 Å². The van der Waals surface area contributed by atoms with Crippen molar-refractivity contribution in [2.45, 2.75) is 46.6 Å². The summed E-state index contributed by atoms with van der Waals surface area (Å²) in [6, 6.07) is 8.57. The van der Waals surface area contributed by atoms with E-state index >= 15 is 0 Å². The number of rotatable bonds is 1. The van der Waals surface area contributed by atoms with Gasteiger partial charge in [-0.15, -0.1) is 0 Å². The SMILES string of the molecule is C/C=C(\C)O.CC.CO.COC1Cc2ccccc2C1. The monoisotopic (exact) mass is 282 g/mol. The summed E-state index contributed by atoms with van der Waals surface area (Å²) >= 11 is 0. The Bertz CT molecular complexity index is 330. The number of fused-ring (bicyclic) bond motifs is 1. The Hall–Kier alpha value is -1.32. The third-order valence-corrected chi connectivity index (χ3v) is 2.76. The molecule has 20 heavy (non-hydrogen) atoms. The van der Waals surface area contributed by atoms with Gasteiger partial charge in [0.1, 0.15) is 0 Å². The summed E-state index contributed by atoms with van der Waals surface area (Å²) < 4.78 is 5.29. The molecule has 0 heterocycles. The van der Waals surface area contributed by atoms with Crippen LogP contribution in [0.25, 0.3) is 0 Å². The van der Waals surface area contributed by atoms with Crippen molar-refractivity contribution in [1.82, 2.24) is 0 Å². The fourth-order valence-corrected chi connectivity index (χ4v) is 1.69. The molecule has 0 amide bonds. The van der Waals surface area contributed by atoms with E-state index < -0.39 is 0 Å². The zero-order chi connectivity index (χ0) is 16.0. The molecule has 0 fully saturated rings. The lowest BCUT2D eigenvalue weighted by atomic mass is 10.1. The zero-order valence-corrected chi connectivity index (χ0v) is 13.7. The highest BCUT2D eigenvalue weighted by Crippen LogP contribution is 2.22. The van der Waals surface area contributed by atoms with Crippen LogP contribution in [0.1, 0.15) is 38.8 Å². The standard InChI is InChI=1S/C10H12O.C4H8O.C2H6.CH4O/c1-11-10-6-8-4-2-3-5-9(8)7-10;1-3-4(2)5;2*1-2/h2-5,10H,6-7H2,1H3;3,5H,1-2H3;1-2H3;2H,1H3/b;4-3+;;. The van der Waals surface area contributed by atoms with Crippen LogP contribution in [0, 0.1) is 0 Å². The summed E-state index contributed by atoms with van der Waals surface area (Å²) in [7, 11) is 2.79. The minimum Gasteiger partial charge on any atom is -0.513 e. The van der Waals surface area contributed by atoms with Crippen molar-refractivity contribution in [3.63, 3.8) is 0 Å². The molecule has 1 aromatic rings. The summed E-state index contributed by atoms with van der Waals surface area (Å²) in [5, 5.41) is 15.2. The summed E-state index contributed by atoms with van der Waals surface area (Å²) in [6.07, 6.45) is 4.24. The average molecular weight is 282 g/mol. The summed E-state index contributed by atoms with van der Waals surface area (Å²) in [6.45, 7) is 7.43. The quantitative estimate of drug-likeness (QED) is 0.768. The molecule has 0 bridgehead atoms. The molecular formula is C17H30O3. The summed E-state index contributed by atoms with van der Waals surface area (Å²) in [4.78, 5) is 0. The van der Waals surface area contributed by atoms with E-state index in [0.717, 1.165) is 20.0 Å². The topological polar surface area (TPSA) is 49.7 Å². The predicted octanol–water partition coefficient (Wildman–Crippen LogP) is 3.90. The number of aliphatic hydroxyl groups excluding tert-OH is 2. The zero-order valence-electron chi connectivity index (χ0n) is 13.7. The lowest BCUT2D eigenvalue weighted by Crippen LogP contribution is -2.08. The highest BCUT2D eigenvalue weighted by Gasteiger charge is 2.19. The first kappa shape index (κ1) is 21.0. The first-order chi connectivity index (χ1) is 9.67. The Balaban J connectivity index is 0. The molecule has 116 valence electrons. The van der Waals surface area contributed by atoms with E-state index in [4.69, 9.17) is 14.9 Å². The van der Waals surface area contributed by atoms with Crippen LogP contribution >= 0.6 is 0 Å². The number of methoxy groups -OCH3 is 1. The number of hydrogen-bond donors (Lipinski definition) is 2. The molecule has 0 saturated heterocycles. The van der Waals surface area contributed by atoms with Crippen LogP contribution in [0.2, 0.25) is 0 Å². The van der Waals surface area contributed by atoms with E-state index in [1.807, 2.05) is 13.8 Å². The molecule has 1 aliphatic carbocycles. The first-order valence-electron chi connectivity index (χ1n) is 7.03. The van der Waals surface area contributed by atoms with E-state index in [2.05, 4.69) is 24.3 Å². The smallest absolute Gasteiger partial charge is 0.0849 e. The van der Waals surface area contributed by atoms with E-state index in [1.165, 1.54) is 11.1 Å². The Kier molecular flexibility index (Phi) is 14.8. The maximum atomic E-state index is 8.22. The average Bonchev–Trinajstić information content (AvgIpc) is 2.95. The highest BCUT2D eigenvalue weighted by molar-refractivity contribution is 5.32. The van der Waals surface area contributed by atoms with Gasteiger partial charge in [-0.1, -0.05) is 44.2 Å². The van der Waals surface area contributed by atoms with Gasteiger partial charge in [-0.25, -0.2) is 0 Å². The molecule has 1 aromatic carbocycles. The Morgan fingerprint density at radius 3 is 1.75 bits per heavy atom. The van der Waals surface area contributed by atoms with Gasteiger partial charge in [-0.3, -0.25) is 0 Å². The maximum Gasteiger partial charge on any atom is 0.0849 e. The highest BCUT2D eigenvalue weighted by atomic mass is 16.5. The van der Waals surface area contributed by atoms with Crippen molar-refractivity contribution in [2.75, 3.05) is 14.2 Å². The third kappa shape index (κ3) is 8.73. The molecule has 2 N–H and O–H groups in total. The number of aliphatic hydroxyl groups is 2. The van der Waals surface area contributed by atoms with Gasteiger partial charge in [-0.2, -0.15) is 0 Å². The molecule has 3 nitrogen and oxygen atoms in total. The first-order valence-corrected chi connectivity index (χ1v) is 7.03. The molecule has 0 spiro atoms. The summed E-state index contributed by atoms with van der Waals surface area (Å²) in [5.41, 5.74) is 2.92. The molecule has 0 atom stereocenters. The predicted molar refractivity (Wildman–Crippen MR) is 86.2 cm³/mol. The van der Waals surface area contributed by atoms with Crippen molar-refractivity contribution in [1.29, 1.82) is 0 Å². The summed E-state index contributed by atoms with van der Waals surface area (Å²) in [5.74, 6) is 0.380. The van der Waals surface area contributed by atoms with Crippen molar-refractivity contribution in [3.8, 4) is 0 Å². The van der Waals surface area contributed by atoms with Crippen molar-refractivity contribution < 1.29 is 14.9 Å². The number of benzene rings is 1. The normalized spacial score (nSPS) is 12.8. The molecular weight excluding hydrogens is 252 g/mol. The van der Waals surface area contributed by atoms with Gasteiger partial charge in [-0.05, 0) is 37.8 Å². The van der Waals surface area contributed by atoms with E-state index in [-0.39, 0.29) is 0 Å². The van der Waals surface area contributed by atoms with Crippen LogP contribution in [0.3, 0.4) is 0 Å². The van der Waals surface area contributed by atoms with Crippen LogP contribution in [0.4, 0.5) is 0 Å². The Morgan fingerprint density at radius 1 is 1.15 bits per heavy atom. The second-order valence-electron chi connectivity index (χ2n) is 3.96. The van der Waals surface area contributed by atoms with Crippen molar-refractivity contribution in [3.05, 3.63) is 47.2 Å². The number of allylic oxidation sites excluding steroid dienone is 2. The number of ether oxygens (including phenoxy) is 1. The lowest BCUT2D eigenvalue weighted by molar-refractivity contribution is 0.112. The van der Waals surface area contributed by atoms with Crippen LogP contribution in [0.15, 0.2) is 36.1 Å². The maximum absolute atomic E-state index is 8.22. The van der Waals surface area contributed by atoms with Crippen LogP contribution < -0.4 is 0 Å². The van der Waals surface area contributed by atoms with Gasteiger partial charge in [0.15, 0.2) is 0 Å². The van der Waals surface area contributed by atoms with Gasteiger partial charge in [0.25, 0.3) is 0 Å². The molecule has 2 rings (SSSR count). The minimum absolute atomic E-state index is 0.380. The Morgan fingerprint density at radius 2 is 1.50 bits per heavy atom.